The molecule has 1 rings (SSSR count). The summed E-state index contributed by atoms with van der Waals surface area (Å²) in [5.74, 6) is 0. The summed E-state index contributed by atoms with van der Waals surface area (Å²) in [7, 11) is 0. The van der Waals surface area contributed by atoms with Crippen LogP contribution in [-0.2, 0) is 9.59 Å². The van der Waals surface area contributed by atoms with Crippen molar-refractivity contribution in [1.29, 1.82) is 0 Å². The van der Waals surface area contributed by atoms with Crippen LogP contribution in [0, 0.1) is 10.8 Å². The van der Waals surface area contributed by atoms with Crippen LogP contribution in [0.1, 0.15) is 67.7 Å². The molecule has 0 bridgehead atoms. The highest BCUT2D eigenvalue weighted by Crippen LogP contribution is 2.47. The second-order valence-corrected chi connectivity index (χ2v) is 8.32. The fraction of sp³-hybridized carbons (Fsp3) is 0.889. The Hall–Kier alpha value is -1.28. The third-order valence-electron chi connectivity index (χ3n) is 3.85. The van der Waals surface area contributed by atoms with Crippen LogP contribution in [-0.4, -0.2) is 36.8 Å². The van der Waals surface area contributed by atoms with E-state index in [2.05, 4.69) is 63.8 Å². The van der Waals surface area contributed by atoms with Crippen molar-refractivity contribution in [3.63, 3.8) is 0 Å². The number of hydrogen-bond donors (Lipinski definition) is 1. The zero-order chi connectivity index (χ0) is 18.1. The number of nitrogens with one attached hydrogen (secondary N) is 1. The Bertz CT molecular complexity index is 441. The highest BCUT2D eigenvalue weighted by atomic mass is 16.1. The van der Waals surface area contributed by atoms with Gasteiger partial charge in [-0.2, -0.15) is 0 Å². The Morgan fingerprint density at radius 3 is 2.00 bits per heavy atom. The molecule has 1 saturated carbocycles. The predicted molar refractivity (Wildman–Crippen MR) is 94.0 cm³/mol. The summed E-state index contributed by atoms with van der Waals surface area (Å²) in [4.78, 5) is 28.0. The topological polar surface area (TPSA) is 70.9 Å². The first-order valence-electron chi connectivity index (χ1n) is 8.40. The van der Waals surface area contributed by atoms with Crippen LogP contribution in [0.15, 0.2) is 9.98 Å². The Labute approximate surface area is 141 Å². The largest absolute Gasteiger partial charge is 0.312 e. The van der Waals surface area contributed by atoms with Crippen molar-refractivity contribution in [2.24, 2.45) is 20.8 Å². The molecule has 1 fully saturated rings. The summed E-state index contributed by atoms with van der Waals surface area (Å²) in [6.07, 6.45) is 5.88. The van der Waals surface area contributed by atoms with Gasteiger partial charge in [-0.05, 0) is 30.1 Å². The van der Waals surface area contributed by atoms with Gasteiger partial charge in [0.1, 0.15) is 0 Å². The molecule has 23 heavy (non-hydrogen) atoms. The number of isocyanates is 2. The standard InChI is InChI=1S/C12H18N2O2.C6H15N/c1-11(2)4-10(14-9-16)5-12(3,6-11)7-13-8-15;1-5(2)7-6(3)4/h10H,4-7H2,1-3H3;5-7H,1-4H3. The third kappa shape index (κ3) is 10.2. The van der Waals surface area contributed by atoms with E-state index >= 15 is 0 Å². The van der Waals surface area contributed by atoms with Crippen molar-refractivity contribution in [1.82, 2.24) is 5.32 Å². The highest BCUT2D eigenvalue weighted by molar-refractivity contribution is 5.34. The van der Waals surface area contributed by atoms with E-state index in [0.29, 0.717) is 18.6 Å². The van der Waals surface area contributed by atoms with Gasteiger partial charge in [0.05, 0.1) is 12.6 Å². The molecule has 1 aliphatic rings. The minimum atomic E-state index is -0.0653. The molecule has 0 radical (unpaired) electrons. The summed E-state index contributed by atoms with van der Waals surface area (Å²) in [5, 5.41) is 3.31. The van der Waals surface area contributed by atoms with Crippen LogP contribution < -0.4 is 5.32 Å². The zero-order valence-corrected chi connectivity index (χ0v) is 15.8. The molecule has 0 amide bonds. The van der Waals surface area contributed by atoms with Gasteiger partial charge in [0.2, 0.25) is 12.2 Å². The van der Waals surface area contributed by atoms with Gasteiger partial charge in [0.25, 0.3) is 0 Å². The molecule has 2 unspecified atom stereocenters. The number of hydrogen-bond acceptors (Lipinski definition) is 5. The van der Waals surface area contributed by atoms with Gasteiger partial charge in [-0.15, -0.1) is 0 Å². The van der Waals surface area contributed by atoms with Gasteiger partial charge in [0, 0.05) is 12.1 Å². The number of carbonyl (C=O) groups excluding carboxylic acids is 2. The van der Waals surface area contributed by atoms with E-state index < -0.39 is 0 Å². The normalized spacial score (nSPS) is 25.9. The Kier molecular flexibility index (Phi) is 9.23. The lowest BCUT2D eigenvalue weighted by molar-refractivity contribution is 0.0915. The zero-order valence-electron chi connectivity index (χ0n) is 15.8. The molecule has 0 aromatic carbocycles. The Balaban J connectivity index is 0.000000585. The van der Waals surface area contributed by atoms with Gasteiger partial charge in [-0.3, -0.25) is 0 Å². The highest BCUT2D eigenvalue weighted by Gasteiger charge is 2.41. The first kappa shape index (κ1) is 21.7. The summed E-state index contributed by atoms with van der Waals surface area (Å²) in [5.41, 5.74) is 0.0561. The van der Waals surface area contributed by atoms with E-state index in [-0.39, 0.29) is 16.9 Å². The van der Waals surface area contributed by atoms with Crippen LogP contribution in [0.3, 0.4) is 0 Å². The minimum absolute atomic E-state index is 0.00750. The minimum Gasteiger partial charge on any atom is -0.312 e. The lowest BCUT2D eigenvalue weighted by Crippen LogP contribution is -2.39. The van der Waals surface area contributed by atoms with Gasteiger partial charge in [0.15, 0.2) is 0 Å². The number of nitrogens with zero attached hydrogens (tertiary/aromatic N) is 2. The van der Waals surface area contributed by atoms with Gasteiger partial charge >= 0.3 is 0 Å². The van der Waals surface area contributed by atoms with Crippen molar-refractivity contribution in [2.45, 2.75) is 85.9 Å². The quantitative estimate of drug-likeness (QED) is 0.620. The molecule has 1 N–H and O–H groups in total. The lowest BCUT2D eigenvalue weighted by atomic mass is 9.63. The van der Waals surface area contributed by atoms with Crippen LogP contribution in [0.4, 0.5) is 0 Å². The molecular weight excluding hydrogens is 290 g/mol. The SMILES string of the molecule is CC(C)NC(C)C.CC1(C)CC(N=C=O)CC(C)(CN=C=O)C1. The second-order valence-electron chi connectivity index (χ2n) is 8.32. The van der Waals surface area contributed by atoms with E-state index in [1.54, 1.807) is 12.2 Å². The maximum Gasteiger partial charge on any atom is 0.235 e. The third-order valence-corrected chi connectivity index (χ3v) is 3.85. The molecule has 0 aromatic heterocycles. The molecule has 132 valence electrons. The molecule has 0 spiro atoms. The predicted octanol–water partition coefficient (Wildman–Crippen LogP) is 3.64. The molecule has 2 atom stereocenters. The fourth-order valence-electron chi connectivity index (χ4n) is 3.75. The van der Waals surface area contributed by atoms with Crippen molar-refractivity contribution >= 4 is 12.2 Å². The first-order chi connectivity index (χ1) is 10.5. The first-order valence-corrected chi connectivity index (χ1v) is 8.40. The van der Waals surface area contributed by atoms with Gasteiger partial charge < -0.3 is 5.32 Å². The van der Waals surface area contributed by atoms with Crippen molar-refractivity contribution in [2.75, 3.05) is 6.54 Å². The number of aliphatic imine (C=N–C) groups is 2. The fourth-order valence-corrected chi connectivity index (χ4v) is 3.75. The molecule has 0 saturated heterocycles. The summed E-state index contributed by atoms with van der Waals surface area (Å²) in [6, 6.07) is 1.26. The van der Waals surface area contributed by atoms with Crippen LogP contribution in [0.25, 0.3) is 0 Å². The van der Waals surface area contributed by atoms with E-state index in [4.69, 9.17) is 0 Å². The van der Waals surface area contributed by atoms with Crippen molar-refractivity contribution < 1.29 is 9.59 Å². The average molecular weight is 323 g/mol. The van der Waals surface area contributed by atoms with Crippen LogP contribution in [0.2, 0.25) is 0 Å². The van der Waals surface area contributed by atoms with E-state index in [1.807, 2.05) is 0 Å². The molecule has 0 heterocycles. The van der Waals surface area contributed by atoms with E-state index in [9.17, 15) is 9.59 Å². The van der Waals surface area contributed by atoms with Crippen LogP contribution >= 0.6 is 0 Å². The Morgan fingerprint density at radius 2 is 1.61 bits per heavy atom. The summed E-state index contributed by atoms with van der Waals surface area (Å²) < 4.78 is 0. The van der Waals surface area contributed by atoms with Gasteiger partial charge in [-0.1, -0.05) is 48.5 Å². The molecule has 5 heteroatoms. The number of rotatable bonds is 5. The molecule has 1 aliphatic carbocycles. The van der Waals surface area contributed by atoms with Gasteiger partial charge in [-0.25, -0.2) is 19.6 Å². The average Bonchev–Trinajstić information content (AvgIpc) is 2.33. The summed E-state index contributed by atoms with van der Waals surface area (Å²) in [6.45, 7) is 15.5. The van der Waals surface area contributed by atoms with E-state index in [1.165, 1.54) is 0 Å². The van der Waals surface area contributed by atoms with Crippen molar-refractivity contribution in [3.05, 3.63) is 0 Å². The summed E-state index contributed by atoms with van der Waals surface area (Å²) >= 11 is 0. The van der Waals surface area contributed by atoms with E-state index in [0.717, 1.165) is 19.3 Å². The molecular formula is C18H33N3O2. The molecule has 0 aliphatic heterocycles. The Morgan fingerprint density at radius 1 is 1.04 bits per heavy atom. The second kappa shape index (κ2) is 9.77. The monoisotopic (exact) mass is 323 g/mol. The maximum atomic E-state index is 10.3. The van der Waals surface area contributed by atoms with Crippen LogP contribution in [0.5, 0.6) is 0 Å². The maximum absolute atomic E-state index is 10.3. The molecule has 5 nitrogen and oxygen atoms in total. The molecule has 0 aromatic rings. The smallest absolute Gasteiger partial charge is 0.235 e. The lowest BCUT2D eigenvalue weighted by Gasteiger charge is -2.44. The van der Waals surface area contributed by atoms with Crippen molar-refractivity contribution in [3.8, 4) is 0 Å².